The molecule has 2 heterocycles. The van der Waals surface area contributed by atoms with Crippen molar-refractivity contribution in [2.24, 2.45) is 0 Å². The first kappa shape index (κ1) is 15.1. The number of para-hydroxylation sites is 1. The second kappa shape index (κ2) is 6.20. The zero-order valence-electron chi connectivity index (χ0n) is 13.5. The molecule has 0 fully saturated rings. The molecule has 0 unspecified atom stereocenters. The number of carbonyl (C=O) groups is 1. The molecule has 0 radical (unpaired) electrons. The molecule has 124 valence electrons. The van der Waals surface area contributed by atoms with Crippen LogP contribution in [0.3, 0.4) is 0 Å². The van der Waals surface area contributed by atoms with Crippen LogP contribution in [0.25, 0.3) is 11.0 Å². The number of hydrogen-bond acceptors (Lipinski definition) is 5. The molecule has 7 heteroatoms. The molecule has 0 atom stereocenters. The fraction of sp³-hybridized carbons (Fsp3) is 0.111. The lowest BCUT2D eigenvalue weighted by Gasteiger charge is -2.10. The predicted octanol–water partition coefficient (Wildman–Crippen LogP) is 3.10. The van der Waals surface area contributed by atoms with E-state index in [1.54, 1.807) is 25.4 Å². The summed E-state index contributed by atoms with van der Waals surface area (Å²) >= 11 is 0. The number of aryl methyl sites for hydroxylation is 1. The van der Waals surface area contributed by atoms with Crippen LogP contribution >= 0.6 is 0 Å². The largest absolute Gasteiger partial charge is 0.345 e. The number of carbonyl (C=O) groups excluding carboxylic acids is 1. The molecule has 25 heavy (non-hydrogen) atoms. The van der Waals surface area contributed by atoms with Gasteiger partial charge in [-0.15, -0.1) is 0 Å². The van der Waals surface area contributed by atoms with Crippen molar-refractivity contribution in [3.05, 3.63) is 71.6 Å². The maximum absolute atomic E-state index is 12.6. The van der Waals surface area contributed by atoms with E-state index in [9.17, 15) is 4.79 Å². The zero-order valence-corrected chi connectivity index (χ0v) is 13.5. The van der Waals surface area contributed by atoms with Gasteiger partial charge >= 0.3 is 0 Å². The normalized spacial score (nSPS) is 10.9. The lowest BCUT2D eigenvalue weighted by Crippen LogP contribution is -2.13. The van der Waals surface area contributed by atoms with Gasteiger partial charge < -0.3 is 14.8 Å². The number of rotatable bonds is 4. The zero-order chi connectivity index (χ0) is 17.2. The molecular formula is C18H15N5O2. The second-order valence-electron chi connectivity index (χ2n) is 5.66. The Morgan fingerprint density at radius 2 is 2.12 bits per heavy atom. The van der Waals surface area contributed by atoms with E-state index in [0.717, 1.165) is 16.6 Å². The smallest absolute Gasteiger partial charge is 0.255 e. The van der Waals surface area contributed by atoms with Gasteiger partial charge in [-0.25, -0.2) is 4.98 Å². The summed E-state index contributed by atoms with van der Waals surface area (Å²) in [6.45, 7) is 1.77. The molecule has 7 nitrogen and oxygen atoms in total. The van der Waals surface area contributed by atoms with Crippen LogP contribution in [0, 0.1) is 6.92 Å². The number of hydrogen-bond donors (Lipinski definition) is 2. The summed E-state index contributed by atoms with van der Waals surface area (Å²) in [6, 6.07) is 12.9. The monoisotopic (exact) mass is 333 g/mol. The van der Waals surface area contributed by atoms with Gasteiger partial charge in [-0.3, -0.25) is 4.79 Å². The molecule has 0 saturated carbocycles. The molecule has 0 bridgehead atoms. The highest BCUT2D eigenvalue weighted by Gasteiger charge is 2.12. The van der Waals surface area contributed by atoms with E-state index in [1.165, 1.54) is 0 Å². The highest BCUT2D eigenvalue weighted by molar-refractivity contribution is 6.06. The van der Waals surface area contributed by atoms with E-state index in [-0.39, 0.29) is 5.91 Å². The van der Waals surface area contributed by atoms with Crippen molar-refractivity contribution in [3.8, 4) is 0 Å². The van der Waals surface area contributed by atoms with Gasteiger partial charge in [0.15, 0.2) is 5.82 Å². The minimum atomic E-state index is -0.189. The number of amides is 1. The Hall–Kier alpha value is -3.48. The molecule has 4 rings (SSSR count). The van der Waals surface area contributed by atoms with Crippen LogP contribution in [-0.2, 0) is 6.42 Å². The number of fused-ring (bicyclic) bond motifs is 1. The van der Waals surface area contributed by atoms with Crippen LogP contribution in [0.1, 0.15) is 27.6 Å². The minimum Gasteiger partial charge on any atom is -0.345 e. The number of nitrogens with zero attached hydrogens (tertiary/aromatic N) is 3. The van der Waals surface area contributed by atoms with Gasteiger partial charge in [0.25, 0.3) is 5.91 Å². The Balaban J connectivity index is 1.58. The van der Waals surface area contributed by atoms with Crippen molar-refractivity contribution in [2.45, 2.75) is 13.3 Å². The molecule has 0 saturated heterocycles. The molecule has 4 aromatic rings. The van der Waals surface area contributed by atoms with Crippen molar-refractivity contribution in [2.75, 3.05) is 5.32 Å². The van der Waals surface area contributed by atoms with Crippen molar-refractivity contribution >= 4 is 22.6 Å². The quantitative estimate of drug-likeness (QED) is 0.598. The fourth-order valence-electron chi connectivity index (χ4n) is 2.64. The van der Waals surface area contributed by atoms with Crippen molar-refractivity contribution < 1.29 is 9.32 Å². The van der Waals surface area contributed by atoms with Crippen molar-refractivity contribution in [1.29, 1.82) is 0 Å². The number of aromatic amines is 1. The Labute approximate surface area is 143 Å². The number of aromatic nitrogens is 4. The first-order chi connectivity index (χ1) is 12.2. The number of benzene rings is 2. The van der Waals surface area contributed by atoms with E-state index in [1.807, 2.05) is 30.3 Å². The topological polar surface area (TPSA) is 96.7 Å². The first-order valence-electron chi connectivity index (χ1n) is 7.80. The average molecular weight is 333 g/mol. The molecular weight excluding hydrogens is 318 g/mol. The number of H-pyrrole nitrogens is 1. The Morgan fingerprint density at radius 3 is 2.96 bits per heavy atom. The van der Waals surface area contributed by atoms with Crippen LogP contribution in [-0.4, -0.2) is 26.0 Å². The van der Waals surface area contributed by atoms with E-state index in [2.05, 4.69) is 25.4 Å². The molecule has 2 N–H and O–H groups in total. The predicted molar refractivity (Wildman–Crippen MR) is 92.3 cm³/mol. The Morgan fingerprint density at radius 1 is 1.24 bits per heavy atom. The van der Waals surface area contributed by atoms with Gasteiger partial charge in [0.2, 0.25) is 5.89 Å². The Bertz CT molecular complexity index is 1050. The lowest BCUT2D eigenvalue weighted by atomic mass is 10.1. The average Bonchev–Trinajstić information content (AvgIpc) is 3.24. The summed E-state index contributed by atoms with van der Waals surface area (Å²) in [5, 5.41) is 6.74. The third-order valence-electron chi connectivity index (χ3n) is 3.86. The van der Waals surface area contributed by atoms with Gasteiger partial charge in [0, 0.05) is 11.3 Å². The summed E-state index contributed by atoms with van der Waals surface area (Å²) in [4.78, 5) is 24.0. The van der Waals surface area contributed by atoms with Gasteiger partial charge in [0.1, 0.15) is 0 Å². The van der Waals surface area contributed by atoms with Crippen LogP contribution in [0.4, 0.5) is 5.69 Å². The molecule has 0 aliphatic carbocycles. The molecule has 0 spiro atoms. The van der Waals surface area contributed by atoms with Crippen LogP contribution < -0.4 is 5.32 Å². The van der Waals surface area contributed by atoms with Crippen molar-refractivity contribution in [3.63, 3.8) is 0 Å². The van der Waals surface area contributed by atoms with Gasteiger partial charge in [-0.2, -0.15) is 4.98 Å². The molecule has 2 aromatic heterocycles. The van der Waals surface area contributed by atoms with E-state index in [4.69, 9.17) is 4.52 Å². The summed E-state index contributed by atoms with van der Waals surface area (Å²) in [6.07, 6.45) is 2.06. The number of imidazole rings is 1. The SMILES string of the molecule is Cc1noc(Cc2ccccc2NC(=O)c2ccc3nc[nH]c3c2)n1. The van der Waals surface area contributed by atoms with E-state index in [0.29, 0.717) is 29.4 Å². The summed E-state index contributed by atoms with van der Waals surface area (Å²) in [5.41, 5.74) is 3.82. The second-order valence-corrected chi connectivity index (χ2v) is 5.66. The van der Waals surface area contributed by atoms with Crippen LogP contribution in [0.5, 0.6) is 0 Å². The third-order valence-corrected chi connectivity index (χ3v) is 3.86. The maximum Gasteiger partial charge on any atom is 0.255 e. The van der Waals surface area contributed by atoms with Gasteiger partial charge in [-0.1, -0.05) is 23.4 Å². The summed E-state index contributed by atoms with van der Waals surface area (Å²) in [7, 11) is 0. The number of anilines is 1. The van der Waals surface area contributed by atoms with E-state index < -0.39 is 0 Å². The standard InChI is InChI=1S/C18H15N5O2/c1-11-21-17(25-23-11)9-12-4-2-3-5-14(12)22-18(24)13-6-7-15-16(8-13)20-10-19-15/h2-8,10H,9H2,1H3,(H,19,20)(H,22,24). The lowest BCUT2D eigenvalue weighted by molar-refractivity contribution is 0.102. The summed E-state index contributed by atoms with van der Waals surface area (Å²) in [5.74, 6) is 0.910. The van der Waals surface area contributed by atoms with Crippen LogP contribution in [0.15, 0.2) is 53.3 Å². The highest BCUT2D eigenvalue weighted by atomic mass is 16.5. The van der Waals surface area contributed by atoms with E-state index >= 15 is 0 Å². The maximum atomic E-state index is 12.6. The molecule has 2 aromatic carbocycles. The summed E-state index contributed by atoms with van der Waals surface area (Å²) < 4.78 is 5.17. The van der Waals surface area contributed by atoms with Gasteiger partial charge in [-0.05, 0) is 36.8 Å². The molecule has 0 aliphatic rings. The number of nitrogens with one attached hydrogen (secondary N) is 2. The van der Waals surface area contributed by atoms with Crippen molar-refractivity contribution in [1.82, 2.24) is 20.1 Å². The molecule has 1 amide bonds. The highest BCUT2D eigenvalue weighted by Crippen LogP contribution is 2.20. The van der Waals surface area contributed by atoms with Gasteiger partial charge in [0.05, 0.1) is 23.8 Å². The Kier molecular flexibility index (Phi) is 3.74. The fourth-order valence-corrected chi connectivity index (χ4v) is 2.64. The van der Waals surface area contributed by atoms with Crippen LogP contribution in [0.2, 0.25) is 0 Å². The third kappa shape index (κ3) is 3.12. The minimum absolute atomic E-state index is 0.189. The first-order valence-corrected chi connectivity index (χ1v) is 7.80. The molecule has 0 aliphatic heterocycles.